The van der Waals surface area contributed by atoms with E-state index in [1.165, 1.54) is 6.08 Å². The fourth-order valence-electron chi connectivity index (χ4n) is 2.64. The summed E-state index contributed by atoms with van der Waals surface area (Å²) >= 11 is 0. The SMILES string of the molecule is O=C(/C=C\Nc1ccc2c(c1)OCO2)c1ccc2ccccc2c1. The molecule has 0 fully saturated rings. The van der Waals surface area contributed by atoms with Gasteiger partial charge in [0.1, 0.15) is 0 Å². The Bertz CT molecular complexity index is 947. The second kappa shape index (κ2) is 6.08. The van der Waals surface area contributed by atoms with Gasteiger partial charge in [0.15, 0.2) is 17.3 Å². The zero-order chi connectivity index (χ0) is 16.4. The monoisotopic (exact) mass is 317 g/mol. The standard InChI is InChI=1S/C20H15NO3/c22-18(16-6-5-14-3-1-2-4-15(14)11-16)9-10-21-17-7-8-19-20(12-17)24-13-23-19/h1-12,21H,13H2/b10-9-. The Morgan fingerprint density at radius 2 is 1.75 bits per heavy atom. The first-order chi connectivity index (χ1) is 11.8. The van der Waals surface area contributed by atoms with E-state index < -0.39 is 0 Å². The van der Waals surface area contributed by atoms with Crippen LogP contribution < -0.4 is 14.8 Å². The van der Waals surface area contributed by atoms with Crippen LogP contribution in [-0.2, 0) is 0 Å². The Labute approximate surface area is 139 Å². The van der Waals surface area contributed by atoms with Gasteiger partial charge in [-0.25, -0.2) is 0 Å². The predicted molar refractivity (Wildman–Crippen MR) is 93.6 cm³/mol. The van der Waals surface area contributed by atoms with E-state index >= 15 is 0 Å². The van der Waals surface area contributed by atoms with Crippen LogP contribution in [0.5, 0.6) is 11.5 Å². The van der Waals surface area contributed by atoms with Crippen molar-refractivity contribution in [3.8, 4) is 11.5 Å². The number of benzene rings is 3. The molecule has 0 atom stereocenters. The molecule has 3 aromatic rings. The molecule has 0 spiro atoms. The number of hydrogen-bond donors (Lipinski definition) is 1. The Morgan fingerprint density at radius 3 is 2.67 bits per heavy atom. The van der Waals surface area contributed by atoms with Gasteiger partial charge in [-0.15, -0.1) is 0 Å². The molecule has 0 bridgehead atoms. The highest BCUT2D eigenvalue weighted by Gasteiger charge is 2.12. The van der Waals surface area contributed by atoms with E-state index in [4.69, 9.17) is 9.47 Å². The lowest BCUT2D eigenvalue weighted by molar-refractivity contribution is 0.104. The van der Waals surface area contributed by atoms with Crippen LogP contribution in [0.25, 0.3) is 10.8 Å². The van der Waals surface area contributed by atoms with Gasteiger partial charge in [-0.1, -0.05) is 36.4 Å². The maximum atomic E-state index is 12.3. The van der Waals surface area contributed by atoms with E-state index in [9.17, 15) is 4.79 Å². The van der Waals surface area contributed by atoms with Crippen LogP contribution in [-0.4, -0.2) is 12.6 Å². The highest BCUT2D eigenvalue weighted by Crippen LogP contribution is 2.34. The number of rotatable bonds is 4. The topological polar surface area (TPSA) is 47.6 Å². The van der Waals surface area contributed by atoms with Gasteiger partial charge in [0, 0.05) is 29.6 Å². The van der Waals surface area contributed by atoms with Gasteiger partial charge < -0.3 is 14.8 Å². The molecule has 0 saturated heterocycles. The van der Waals surface area contributed by atoms with Gasteiger partial charge in [-0.2, -0.15) is 0 Å². The molecule has 0 unspecified atom stereocenters. The summed E-state index contributed by atoms with van der Waals surface area (Å²) in [5, 5.41) is 5.25. The van der Waals surface area contributed by atoms with Crippen molar-refractivity contribution in [2.45, 2.75) is 0 Å². The van der Waals surface area contributed by atoms with Gasteiger partial charge in [0.05, 0.1) is 0 Å². The van der Waals surface area contributed by atoms with E-state index in [0.717, 1.165) is 22.2 Å². The second-order valence-electron chi connectivity index (χ2n) is 5.47. The van der Waals surface area contributed by atoms with Gasteiger partial charge in [0.2, 0.25) is 6.79 Å². The van der Waals surface area contributed by atoms with Crippen molar-refractivity contribution in [3.05, 3.63) is 78.5 Å². The zero-order valence-electron chi connectivity index (χ0n) is 12.9. The molecule has 1 aliphatic heterocycles. The number of allylic oxidation sites excluding steroid dienone is 1. The first kappa shape index (κ1) is 14.3. The van der Waals surface area contributed by atoms with Crippen LogP contribution >= 0.6 is 0 Å². The van der Waals surface area contributed by atoms with Crippen LogP contribution in [0.4, 0.5) is 5.69 Å². The Morgan fingerprint density at radius 1 is 0.917 bits per heavy atom. The van der Waals surface area contributed by atoms with Crippen molar-refractivity contribution in [3.63, 3.8) is 0 Å². The van der Waals surface area contributed by atoms with Crippen LogP contribution in [0.2, 0.25) is 0 Å². The van der Waals surface area contributed by atoms with Gasteiger partial charge >= 0.3 is 0 Å². The average molecular weight is 317 g/mol. The summed E-state index contributed by atoms with van der Waals surface area (Å²) in [6, 6.07) is 19.2. The number of ether oxygens (including phenoxy) is 2. The van der Waals surface area contributed by atoms with Crippen LogP contribution in [0, 0.1) is 0 Å². The number of anilines is 1. The van der Waals surface area contributed by atoms with E-state index in [1.54, 1.807) is 6.20 Å². The Hall–Kier alpha value is -3.27. The summed E-state index contributed by atoms with van der Waals surface area (Å²) in [5.74, 6) is 1.39. The third-order valence-electron chi connectivity index (χ3n) is 3.89. The summed E-state index contributed by atoms with van der Waals surface area (Å²) in [6.07, 6.45) is 3.16. The Balaban J connectivity index is 1.47. The highest BCUT2D eigenvalue weighted by atomic mass is 16.7. The lowest BCUT2D eigenvalue weighted by Gasteiger charge is -2.03. The molecule has 1 N–H and O–H groups in total. The molecular formula is C20H15NO3. The number of nitrogens with one attached hydrogen (secondary N) is 1. The van der Waals surface area contributed by atoms with Gasteiger partial charge in [-0.3, -0.25) is 4.79 Å². The molecule has 4 heteroatoms. The van der Waals surface area contributed by atoms with Crippen LogP contribution in [0.1, 0.15) is 10.4 Å². The van der Waals surface area contributed by atoms with E-state index in [-0.39, 0.29) is 12.6 Å². The molecule has 0 aliphatic carbocycles. The zero-order valence-corrected chi connectivity index (χ0v) is 12.9. The quantitative estimate of drug-likeness (QED) is 0.573. The molecule has 0 amide bonds. The average Bonchev–Trinajstić information content (AvgIpc) is 3.09. The summed E-state index contributed by atoms with van der Waals surface area (Å²) in [6.45, 7) is 0.245. The van der Waals surface area contributed by atoms with Crippen LogP contribution in [0.15, 0.2) is 72.9 Å². The molecule has 3 aromatic carbocycles. The normalized spacial score (nSPS) is 12.7. The summed E-state index contributed by atoms with van der Waals surface area (Å²) in [5.41, 5.74) is 1.50. The van der Waals surface area contributed by atoms with Crippen molar-refractivity contribution < 1.29 is 14.3 Å². The Kier molecular flexibility index (Phi) is 3.63. The van der Waals surface area contributed by atoms with Crippen molar-refractivity contribution >= 4 is 22.2 Å². The minimum atomic E-state index is -0.0472. The maximum Gasteiger partial charge on any atom is 0.231 e. The molecule has 118 valence electrons. The third kappa shape index (κ3) is 2.82. The predicted octanol–water partition coefficient (Wildman–Crippen LogP) is 4.38. The lowest BCUT2D eigenvalue weighted by atomic mass is 10.0. The van der Waals surface area contributed by atoms with E-state index in [0.29, 0.717) is 11.3 Å². The molecule has 1 aliphatic rings. The van der Waals surface area contributed by atoms with E-state index in [2.05, 4.69) is 5.32 Å². The van der Waals surface area contributed by atoms with Crippen molar-refractivity contribution in [1.82, 2.24) is 0 Å². The maximum absolute atomic E-state index is 12.3. The largest absolute Gasteiger partial charge is 0.454 e. The molecule has 4 nitrogen and oxygen atoms in total. The lowest BCUT2D eigenvalue weighted by Crippen LogP contribution is -1.96. The fourth-order valence-corrected chi connectivity index (χ4v) is 2.64. The molecule has 1 heterocycles. The molecule has 0 saturated carbocycles. The first-order valence-corrected chi connectivity index (χ1v) is 7.65. The summed E-state index contributed by atoms with van der Waals surface area (Å²) in [7, 11) is 0. The van der Waals surface area contributed by atoms with Crippen LogP contribution in [0.3, 0.4) is 0 Å². The number of ketones is 1. The van der Waals surface area contributed by atoms with Gasteiger partial charge in [0.25, 0.3) is 0 Å². The van der Waals surface area contributed by atoms with Crippen molar-refractivity contribution in [2.75, 3.05) is 12.1 Å². The minimum Gasteiger partial charge on any atom is -0.454 e. The molecule has 24 heavy (non-hydrogen) atoms. The van der Waals surface area contributed by atoms with Crippen molar-refractivity contribution in [2.24, 2.45) is 0 Å². The van der Waals surface area contributed by atoms with Crippen molar-refractivity contribution in [1.29, 1.82) is 0 Å². The minimum absolute atomic E-state index is 0.0472. The molecular weight excluding hydrogens is 302 g/mol. The highest BCUT2D eigenvalue weighted by molar-refractivity contribution is 6.06. The summed E-state index contributed by atoms with van der Waals surface area (Å²) < 4.78 is 10.6. The fraction of sp³-hybridized carbons (Fsp3) is 0.0500. The number of fused-ring (bicyclic) bond motifs is 2. The molecule has 0 aromatic heterocycles. The molecule has 4 rings (SSSR count). The smallest absolute Gasteiger partial charge is 0.231 e. The summed E-state index contributed by atoms with van der Waals surface area (Å²) in [4.78, 5) is 12.3. The second-order valence-corrected chi connectivity index (χ2v) is 5.47. The molecule has 0 radical (unpaired) electrons. The third-order valence-corrected chi connectivity index (χ3v) is 3.89. The number of hydrogen-bond acceptors (Lipinski definition) is 4. The number of carbonyl (C=O) groups excluding carboxylic acids is 1. The van der Waals surface area contributed by atoms with Gasteiger partial charge in [-0.05, 0) is 29.0 Å². The van der Waals surface area contributed by atoms with E-state index in [1.807, 2.05) is 60.7 Å². The first-order valence-electron chi connectivity index (χ1n) is 7.65. The number of carbonyl (C=O) groups is 1.